The van der Waals surface area contributed by atoms with E-state index in [9.17, 15) is 42.3 Å². The summed E-state index contributed by atoms with van der Waals surface area (Å²) < 4.78 is 24.9. The van der Waals surface area contributed by atoms with Gasteiger partial charge in [0.2, 0.25) is 45.5 Å². The molecule has 4 saturated heterocycles. The van der Waals surface area contributed by atoms with Gasteiger partial charge in [-0.25, -0.2) is 12.7 Å². The van der Waals surface area contributed by atoms with Gasteiger partial charge in [0, 0.05) is 82.9 Å². The lowest BCUT2D eigenvalue weighted by molar-refractivity contribution is -0.144. The largest absolute Gasteiger partial charge is 0.391 e. The first-order chi connectivity index (χ1) is 35.6. The lowest BCUT2D eigenvalue weighted by Gasteiger charge is -2.35. The molecule has 0 saturated carbocycles. The highest BCUT2D eigenvalue weighted by Crippen LogP contribution is 2.33. The number of aliphatic hydroxyl groups excluding tert-OH is 1. The lowest BCUT2D eigenvalue weighted by atomic mass is 9.85. The number of β-amino-alcohol motifs (C(OH)–C–C–N with tert-alkyl or cyclic N) is 1. The van der Waals surface area contributed by atoms with Gasteiger partial charge in [0.1, 0.15) is 17.6 Å². The summed E-state index contributed by atoms with van der Waals surface area (Å²) in [5.41, 5.74) is 3.52. The minimum atomic E-state index is -3.36. The molecule has 416 valence electrons. The van der Waals surface area contributed by atoms with Crippen molar-refractivity contribution in [1.29, 1.82) is 0 Å². The Bertz CT molecular complexity index is 2390. The van der Waals surface area contributed by atoms with E-state index in [-0.39, 0.29) is 86.1 Å². The molecule has 21 heteroatoms. The molecule has 4 aliphatic heterocycles. The van der Waals surface area contributed by atoms with Gasteiger partial charge in [0.15, 0.2) is 0 Å². The highest BCUT2D eigenvalue weighted by molar-refractivity contribution is 8.00. The Morgan fingerprint density at radius 3 is 2.29 bits per heavy atom. The van der Waals surface area contributed by atoms with Crippen molar-refractivity contribution in [2.24, 2.45) is 11.3 Å². The van der Waals surface area contributed by atoms with Gasteiger partial charge >= 0.3 is 0 Å². The number of likely N-dealkylation sites (tertiary alicyclic amines) is 1. The van der Waals surface area contributed by atoms with Crippen LogP contribution in [0.15, 0.2) is 48.5 Å². The van der Waals surface area contributed by atoms with E-state index in [1.165, 1.54) is 20.3 Å². The summed E-state index contributed by atoms with van der Waals surface area (Å²) in [5.74, 6) is -0.956. The molecular formula is C54H84N10O9S2. The molecule has 2 aromatic rings. The predicted molar refractivity (Wildman–Crippen MR) is 291 cm³/mol. The summed E-state index contributed by atoms with van der Waals surface area (Å²) >= 11 is 1.59. The van der Waals surface area contributed by atoms with Crippen LogP contribution in [0.25, 0.3) is 0 Å². The van der Waals surface area contributed by atoms with Crippen molar-refractivity contribution in [3.05, 3.63) is 70.8 Å². The van der Waals surface area contributed by atoms with Crippen LogP contribution in [0, 0.1) is 11.3 Å². The maximum atomic E-state index is 14.1. The van der Waals surface area contributed by atoms with Crippen LogP contribution in [0.5, 0.6) is 0 Å². The molecule has 6 rings (SSSR count). The van der Waals surface area contributed by atoms with Crippen molar-refractivity contribution in [2.75, 3.05) is 65.4 Å². The molecule has 6 amide bonds. The van der Waals surface area contributed by atoms with Crippen LogP contribution in [-0.2, 0) is 51.8 Å². The summed E-state index contributed by atoms with van der Waals surface area (Å²) in [6.07, 6.45) is 7.04. The monoisotopic (exact) mass is 1080 g/mol. The van der Waals surface area contributed by atoms with Gasteiger partial charge in [-0.3, -0.25) is 34.1 Å². The molecule has 2 aromatic carbocycles. The zero-order valence-corrected chi connectivity index (χ0v) is 46.8. The number of carbonyl (C=O) groups is 6. The van der Waals surface area contributed by atoms with Crippen LogP contribution in [0.2, 0.25) is 0 Å². The average Bonchev–Trinajstić information content (AvgIpc) is 4.16. The van der Waals surface area contributed by atoms with Gasteiger partial charge in [-0.05, 0) is 92.6 Å². The van der Waals surface area contributed by atoms with Crippen LogP contribution in [-0.4, -0.2) is 164 Å². The molecule has 0 aliphatic carbocycles. The van der Waals surface area contributed by atoms with Gasteiger partial charge in [0.05, 0.1) is 24.8 Å². The normalized spacial score (nSPS) is 24.1. The average molecular weight is 1080 g/mol. The van der Waals surface area contributed by atoms with Crippen LogP contribution in [0.1, 0.15) is 126 Å². The van der Waals surface area contributed by atoms with Crippen LogP contribution in [0.4, 0.5) is 0 Å². The first kappa shape index (κ1) is 59.6. The summed E-state index contributed by atoms with van der Waals surface area (Å²) in [6, 6.07) is 15.4. The van der Waals surface area contributed by atoms with E-state index >= 15 is 0 Å². The highest BCUT2D eigenvalue weighted by atomic mass is 32.2. The molecule has 19 nitrogen and oxygen atoms in total. The fourth-order valence-electron chi connectivity index (χ4n) is 10.4. The number of nitrogens with one attached hydrogen (secondary N) is 7. The SMILES string of the molecule is CNC(C)Cc1ccc(CNC(=O)[C@@H]2C[C@@H](O)CN2C(=O)[C@@H](NC(=O)CCCCCCC(=O)N(C)CC2CC(c3cccc(C4CSC(NC(=O)CNC(=O)C5CCN(S(C)(=O)=O)C5)N4)c3)CCN2)C(C)(C)C)cc1. The second kappa shape index (κ2) is 27.6. The van der Waals surface area contributed by atoms with Crippen molar-refractivity contribution in [3.8, 4) is 0 Å². The maximum Gasteiger partial charge on any atom is 0.246 e. The van der Waals surface area contributed by atoms with Gasteiger partial charge in [-0.1, -0.05) is 82.1 Å². The molecule has 0 radical (unpaired) electrons. The lowest BCUT2D eigenvalue weighted by Crippen LogP contribution is -2.57. The topological polar surface area (TPSA) is 251 Å². The zero-order chi connectivity index (χ0) is 54.5. The second-order valence-electron chi connectivity index (χ2n) is 22.2. The number of carbonyl (C=O) groups excluding carboxylic acids is 6. The highest BCUT2D eigenvalue weighted by Gasteiger charge is 2.44. The number of likely N-dealkylation sites (N-methyl/N-ethyl adjacent to an activating group) is 2. The van der Waals surface area contributed by atoms with E-state index in [1.807, 2.05) is 64.0 Å². The second-order valence-corrected chi connectivity index (χ2v) is 25.4. The van der Waals surface area contributed by atoms with Crippen LogP contribution >= 0.6 is 11.8 Å². The van der Waals surface area contributed by atoms with Gasteiger partial charge in [-0.15, -0.1) is 11.8 Å². The minimum Gasteiger partial charge on any atom is -0.391 e. The number of nitrogens with zero attached hydrogens (tertiary/aromatic N) is 3. The molecular weight excluding hydrogens is 997 g/mol. The molecule has 4 fully saturated rings. The third-order valence-corrected chi connectivity index (χ3v) is 17.4. The fourth-order valence-corrected chi connectivity index (χ4v) is 12.5. The number of unbranched alkanes of at least 4 members (excludes halogenated alkanes) is 3. The van der Waals surface area contributed by atoms with E-state index in [0.717, 1.165) is 61.8 Å². The van der Waals surface area contributed by atoms with Crippen LogP contribution in [0.3, 0.4) is 0 Å². The Balaban J connectivity index is 0.864. The predicted octanol–water partition coefficient (Wildman–Crippen LogP) is 2.46. The molecule has 4 heterocycles. The Morgan fingerprint density at radius 1 is 0.893 bits per heavy atom. The Kier molecular flexibility index (Phi) is 21.9. The van der Waals surface area contributed by atoms with Crippen molar-refractivity contribution < 1.29 is 42.3 Å². The number of sulfonamides is 1. The Morgan fingerprint density at radius 2 is 1.60 bits per heavy atom. The number of hydrogen-bond donors (Lipinski definition) is 8. The van der Waals surface area contributed by atoms with E-state index in [4.69, 9.17) is 0 Å². The van der Waals surface area contributed by atoms with Gasteiger partial charge in [0.25, 0.3) is 0 Å². The van der Waals surface area contributed by atoms with E-state index in [1.54, 1.807) is 11.8 Å². The molecule has 9 atom stereocenters. The number of benzene rings is 2. The third kappa shape index (κ3) is 18.0. The summed E-state index contributed by atoms with van der Waals surface area (Å²) in [4.78, 5) is 82.6. The number of rotatable bonds is 24. The molecule has 0 aromatic heterocycles. The standard InChI is InChI=1S/C54H84N10O9S2/c1-35(55-5)25-36-17-19-37(20-18-36)29-57-51(70)45-28-43(65)33-64(45)52(71)49(54(2,3)4)60-46(66)15-10-8-9-11-16-48(68)62(6)32-42-27-39(21-23-56-42)38-13-12-14-40(26-38)44-34-74-53(59-44)61-47(67)30-58-50(69)41-22-24-63(31-41)75(7,72)73/h12-14,17-20,26,35,39,41-45,49,53,55-56,59,65H,8-11,15-16,21-25,27-34H2,1-7H3,(H,57,70)(H,58,69)(H,60,66)(H,61,67)/t35?,39?,41?,42?,43-,44?,45+,49-,53?/m1/s1. The van der Waals surface area contributed by atoms with Gasteiger partial charge in [-0.2, -0.15) is 0 Å². The van der Waals surface area contributed by atoms with Crippen molar-refractivity contribution >= 4 is 57.2 Å². The van der Waals surface area contributed by atoms with E-state index in [0.29, 0.717) is 50.7 Å². The maximum absolute atomic E-state index is 14.1. The quantitative estimate of drug-likeness (QED) is 0.0705. The van der Waals surface area contributed by atoms with Crippen molar-refractivity contribution in [2.45, 2.75) is 153 Å². The zero-order valence-electron chi connectivity index (χ0n) is 45.1. The molecule has 8 N–H and O–H groups in total. The smallest absolute Gasteiger partial charge is 0.246 e. The van der Waals surface area contributed by atoms with Gasteiger partial charge < -0.3 is 46.8 Å². The van der Waals surface area contributed by atoms with E-state index < -0.39 is 45.5 Å². The summed E-state index contributed by atoms with van der Waals surface area (Å²) in [6.45, 7) is 9.70. The third-order valence-electron chi connectivity index (χ3n) is 15.0. The summed E-state index contributed by atoms with van der Waals surface area (Å²) in [5, 5.41) is 32.4. The van der Waals surface area contributed by atoms with Crippen molar-refractivity contribution in [3.63, 3.8) is 0 Å². The van der Waals surface area contributed by atoms with Crippen LogP contribution < -0.4 is 37.2 Å². The summed E-state index contributed by atoms with van der Waals surface area (Å²) in [7, 11) is 0.421. The fraction of sp³-hybridized carbons (Fsp3) is 0.667. The first-order valence-electron chi connectivity index (χ1n) is 26.9. The first-order valence-corrected chi connectivity index (χ1v) is 29.7. The van der Waals surface area contributed by atoms with Crippen molar-refractivity contribution in [1.82, 2.24) is 51.3 Å². The minimum absolute atomic E-state index is 0.0109. The molecule has 0 bridgehead atoms. The Labute approximate surface area is 449 Å². The molecule has 75 heavy (non-hydrogen) atoms. The Hall–Kier alpha value is -4.64. The number of aliphatic hydroxyl groups is 1. The van der Waals surface area contributed by atoms with E-state index in [2.05, 4.69) is 68.4 Å². The number of piperidine rings is 1. The number of thioether (sulfide) groups is 1. The molecule has 0 spiro atoms. The molecule has 6 unspecified atom stereocenters. The number of amides is 6. The number of hydrogen-bond acceptors (Lipinski definition) is 13. The molecule has 4 aliphatic rings.